The zero-order valence-electron chi connectivity index (χ0n) is 21.8. The van der Waals surface area contributed by atoms with Crippen LogP contribution in [0.15, 0.2) is 42.6 Å². The number of imidazole rings is 1. The summed E-state index contributed by atoms with van der Waals surface area (Å²) in [4.78, 5) is 44.9. The minimum Gasteiger partial charge on any atom is -0.469 e. The number of rotatable bonds is 8. The number of aryl methyl sites for hydroxylation is 2. The molecule has 2 amide bonds. The van der Waals surface area contributed by atoms with Crippen molar-refractivity contribution >= 4 is 29.2 Å². The van der Waals surface area contributed by atoms with Gasteiger partial charge in [0.2, 0.25) is 5.91 Å². The first-order chi connectivity index (χ1) is 19.3. The molecule has 11 nitrogen and oxygen atoms in total. The van der Waals surface area contributed by atoms with E-state index in [4.69, 9.17) is 0 Å². The van der Waals surface area contributed by atoms with Gasteiger partial charge in [0.05, 0.1) is 30.3 Å². The number of nitrogens with one attached hydrogen (secondary N) is 2. The molecule has 0 unspecified atom stereocenters. The molecule has 3 heterocycles. The summed E-state index contributed by atoms with van der Waals surface area (Å²) in [6, 6.07) is 7.29. The predicted molar refractivity (Wildman–Crippen MR) is 135 cm³/mol. The summed E-state index contributed by atoms with van der Waals surface area (Å²) in [5.74, 6) is -3.25. The third-order valence-corrected chi connectivity index (χ3v) is 5.73. The number of ether oxygens (including phenoxy) is 2. The Labute approximate surface area is 229 Å². The van der Waals surface area contributed by atoms with Crippen LogP contribution in [0.25, 0.3) is 16.9 Å². The lowest BCUT2D eigenvalue weighted by molar-refractivity contribution is -0.274. The van der Waals surface area contributed by atoms with Crippen molar-refractivity contribution in [2.45, 2.75) is 33.2 Å². The Balaban J connectivity index is 1.54. The number of halogens is 4. The molecule has 0 spiro atoms. The summed E-state index contributed by atoms with van der Waals surface area (Å²) >= 11 is 0. The van der Waals surface area contributed by atoms with Gasteiger partial charge in [-0.05, 0) is 50.2 Å². The number of aromatic nitrogens is 4. The molecule has 15 heteroatoms. The van der Waals surface area contributed by atoms with Crippen LogP contribution in [0, 0.1) is 19.7 Å². The molecule has 0 fully saturated rings. The Hall–Kier alpha value is -5.08. The molecule has 4 aromatic rings. The van der Waals surface area contributed by atoms with Gasteiger partial charge in [-0.15, -0.1) is 13.2 Å². The highest BCUT2D eigenvalue weighted by Crippen LogP contribution is 2.26. The van der Waals surface area contributed by atoms with Crippen molar-refractivity contribution in [1.82, 2.24) is 24.9 Å². The summed E-state index contributed by atoms with van der Waals surface area (Å²) in [6.45, 7) is 2.90. The van der Waals surface area contributed by atoms with E-state index in [1.54, 1.807) is 26.0 Å². The van der Waals surface area contributed by atoms with E-state index in [2.05, 4.69) is 35.2 Å². The van der Waals surface area contributed by atoms with Crippen molar-refractivity contribution in [3.05, 3.63) is 70.9 Å². The second kappa shape index (κ2) is 11.6. The van der Waals surface area contributed by atoms with E-state index in [0.717, 1.165) is 18.2 Å². The number of hydrogen-bond donors (Lipinski definition) is 2. The van der Waals surface area contributed by atoms with Crippen LogP contribution in [0.5, 0.6) is 5.75 Å². The van der Waals surface area contributed by atoms with Gasteiger partial charge in [-0.3, -0.25) is 19.4 Å². The quantitative estimate of drug-likeness (QED) is 0.184. The first kappa shape index (κ1) is 28.9. The van der Waals surface area contributed by atoms with E-state index in [1.807, 2.05) is 0 Å². The molecule has 4 rings (SSSR count). The summed E-state index contributed by atoms with van der Waals surface area (Å²) in [7, 11) is 1.17. The van der Waals surface area contributed by atoms with Crippen molar-refractivity contribution in [3.63, 3.8) is 0 Å². The number of amides is 2. The van der Waals surface area contributed by atoms with Crippen LogP contribution in [-0.4, -0.2) is 50.8 Å². The average Bonchev–Trinajstić information content (AvgIpc) is 3.29. The smallest absolute Gasteiger partial charge is 0.469 e. The van der Waals surface area contributed by atoms with Crippen LogP contribution in [0.4, 0.5) is 23.4 Å². The molecule has 214 valence electrons. The third kappa shape index (κ3) is 7.12. The highest BCUT2D eigenvalue weighted by Gasteiger charge is 2.31. The largest absolute Gasteiger partial charge is 0.573 e. The maximum absolute atomic E-state index is 14.2. The highest BCUT2D eigenvalue weighted by molar-refractivity contribution is 6.01. The number of methoxy groups -OCH3 is 1. The number of anilines is 1. The first-order valence-electron chi connectivity index (χ1n) is 11.9. The summed E-state index contributed by atoms with van der Waals surface area (Å²) in [5.41, 5.74) is 2.11. The number of fused-ring (bicyclic) bond motifs is 1. The van der Waals surface area contributed by atoms with E-state index in [0.29, 0.717) is 28.3 Å². The molecule has 0 aliphatic rings. The Kier molecular flexibility index (Phi) is 8.16. The molecule has 41 heavy (non-hydrogen) atoms. The van der Waals surface area contributed by atoms with Gasteiger partial charge in [-0.25, -0.2) is 13.9 Å². The molecule has 1 aromatic carbocycles. The normalized spacial score (nSPS) is 11.3. The first-order valence-corrected chi connectivity index (χ1v) is 11.9. The standard InChI is InChI=1S/C26H22F4N6O5/c1-13-17(20-6-7-22-33-21(12-36(22)35-20)34-23(37)10-24(38)40-3)9-18(14(2)32-13)25(39)31-11-15-8-16(4-5-19(15)27)41-26(28,29)30/h4-9,12H,10-11H2,1-3H3,(H,31,39)(H,34,37). The molecule has 0 aliphatic heterocycles. The molecule has 0 bridgehead atoms. The maximum Gasteiger partial charge on any atom is 0.573 e. The maximum atomic E-state index is 14.2. The van der Waals surface area contributed by atoms with E-state index in [-0.39, 0.29) is 16.9 Å². The minimum atomic E-state index is -4.95. The van der Waals surface area contributed by atoms with E-state index in [1.165, 1.54) is 23.9 Å². The fourth-order valence-corrected chi connectivity index (χ4v) is 3.85. The summed E-state index contributed by atoms with van der Waals surface area (Å²) < 4.78 is 61.4. The fourth-order valence-electron chi connectivity index (χ4n) is 3.85. The Morgan fingerprint density at radius 1 is 1.02 bits per heavy atom. The van der Waals surface area contributed by atoms with Crippen LogP contribution in [0.2, 0.25) is 0 Å². The topological polar surface area (TPSA) is 137 Å². The lowest BCUT2D eigenvalue weighted by Gasteiger charge is -2.13. The van der Waals surface area contributed by atoms with Crippen molar-refractivity contribution < 1.29 is 41.4 Å². The van der Waals surface area contributed by atoms with Crippen LogP contribution in [0.1, 0.15) is 33.7 Å². The molecular weight excluding hydrogens is 552 g/mol. The SMILES string of the molecule is COC(=O)CC(=O)Nc1cn2nc(-c3cc(C(=O)NCc4cc(OC(F)(F)F)ccc4F)c(C)nc3C)ccc2n1. The van der Waals surface area contributed by atoms with Crippen LogP contribution < -0.4 is 15.4 Å². The average molecular weight is 574 g/mol. The number of carbonyl (C=O) groups is 3. The third-order valence-electron chi connectivity index (χ3n) is 5.73. The van der Waals surface area contributed by atoms with E-state index < -0.39 is 48.7 Å². The van der Waals surface area contributed by atoms with Gasteiger partial charge in [-0.1, -0.05) is 0 Å². The van der Waals surface area contributed by atoms with Gasteiger partial charge in [-0.2, -0.15) is 5.10 Å². The molecule has 0 saturated heterocycles. The molecule has 0 aliphatic carbocycles. The lowest BCUT2D eigenvalue weighted by Crippen LogP contribution is -2.25. The highest BCUT2D eigenvalue weighted by atomic mass is 19.4. The lowest BCUT2D eigenvalue weighted by atomic mass is 10.0. The van der Waals surface area contributed by atoms with Gasteiger partial charge in [0.15, 0.2) is 11.5 Å². The molecular formula is C26H22F4N6O5. The van der Waals surface area contributed by atoms with E-state index >= 15 is 0 Å². The van der Waals surface area contributed by atoms with Crippen molar-refractivity contribution in [3.8, 4) is 17.0 Å². The second-order valence-electron chi connectivity index (χ2n) is 8.69. The molecule has 2 N–H and O–H groups in total. The van der Waals surface area contributed by atoms with Crippen LogP contribution in [-0.2, 0) is 20.9 Å². The number of alkyl halides is 3. The minimum absolute atomic E-state index is 0.136. The van der Waals surface area contributed by atoms with Gasteiger partial charge in [0.1, 0.15) is 18.0 Å². The van der Waals surface area contributed by atoms with Crippen LogP contribution in [0.3, 0.4) is 0 Å². The number of esters is 1. The molecule has 0 radical (unpaired) electrons. The predicted octanol–water partition coefficient (Wildman–Crippen LogP) is 3.88. The Morgan fingerprint density at radius 2 is 1.78 bits per heavy atom. The number of pyridine rings is 1. The van der Waals surface area contributed by atoms with Crippen molar-refractivity contribution in [2.75, 3.05) is 12.4 Å². The zero-order chi connectivity index (χ0) is 29.9. The van der Waals surface area contributed by atoms with Gasteiger partial charge in [0.25, 0.3) is 5.91 Å². The van der Waals surface area contributed by atoms with Crippen molar-refractivity contribution in [1.29, 1.82) is 0 Å². The fraction of sp³-hybridized carbons (Fsp3) is 0.231. The number of hydrogen-bond acceptors (Lipinski definition) is 8. The molecule has 3 aromatic heterocycles. The molecule has 0 atom stereocenters. The van der Waals surface area contributed by atoms with Crippen LogP contribution >= 0.6 is 0 Å². The Morgan fingerprint density at radius 3 is 2.49 bits per heavy atom. The second-order valence-corrected chi connectivity index (χ2v) is 8.69. The summed E-state index contributed by atoms with van der Waals surface area (Å²) in [5, 5.41) is 9.44. The van der Waals surface area contributed by atoms with Gasteiger partial charge in [0, 0.05) is 23.4 Å². The number of nitrogens with zero attached hydrogens (tertiary/aromatic N) is 4. The van der Waals surface area contributed by atoms with E-state index in [9.17, 15) is 31.9 Å². The van der Waals surface area contributed by atoms with Crippen molar-refractivity contribution in [2.24, 2.45) is 0 Å². The Bertz CT molecular complexity index is 1650. The van der Waals surface area contributed by atoms with Gasteiger partial charge < -0.3 is 20.1 Å². The van der Waals surface area contributed by atoms with Gasteiger partial charge >= 0.3 is 12.3 Å². The zero-order valence-corrected chi connectivity index (χ0v) is 21.8. The molecule has 0 saturated carbocycles. The monoisotopic (exact) mass is 574 g/mol. The summed E-state index contributed by atoms with van der Waals surface area (Å²) in [6.07, 6.45) is -4.00. The number of carbonyl (C=O) groups excluding carboxylic acids is 3. The number of benzene rings is 1.